The molecule has 0 heterocycles. The Morgan fingerprint density at radius 2 is 1.94 bits per heavy atom. The third kappa shape index (κ3) is 6.35. The van der Waals surface area contributed by atoms with E-state index < -0.39 is 10.0 Å². The molecule has 1 rings (SSSR count). The van der Waals surface area contributed by atoms with E-state index in [1.165, 1.54) is 0 Å². The maximum atomic E-state index is 11.0. The van der Waals surface area contributed by atoms with Crippen molar-refractivity contribution < 1.29 is 13.2 Å². The summed E-state index contributed by atoms with van der Waals surface area (Å²) in [7, 11) is -3.43. The first-order valence-electron chi connectivity index (χ1n) is 5.73. The number of hydrogen-bond donors (Lipinski definition) is 1. The van der Waals surface area contributed by atoms with Crippen LogP contribution in [-0.2, 0) is 21.4 Å². The van der Waals surface area contributed by atoms with Gasteiger partial charge in [-0.3, -0.25) is 0 Å². The second-order valence-corrected chi connectivity index (χ2v) is 6.34. The SMILES string of the molecule is CCC(COCc1ccc(Cl)cc1)CS(N)(=O)=O. The lowest BCUT2D eigenvalue weighted by Gasteiger charge is -2.13. The van der Waals surface area contributed by atoms with Gasteiger partial charge >= 0.3 is 0 Å². The van der Waals surface area contributed by atoms with Crippen molar-refractivity contribution in [3.8, 4) is 0 Å². The van der Waals surface area contributed by atoms with E-state index >= 15 is 0 Å². The van der Waals surface area contributed by atoms with Crippen LogP contribution in [0.1, 0.15) is 18.9 Å². The van der Waals surface area contributed by atoms with Crippen LogP contribution in [0.25, 0.3) is 0 Å². The van der Waals surface area contributed by atoms with Crippen LogP contribution >= 0.6 is 11.6 Å². The Morgan fingerprint density at radius 1 is 1.33 bits per heavy atom. The van der Waals surface area contributed by atoms with Gasteiger partial charge in [-0.25, -0.2) is 13.6 Å². The van der Waals surface area contributed by atoms with Gasteiger partial charge in [0.25, 0.3) is 0 Å². The number of sulfonamides is 1. The van der Waals surface area contributed by atoms with Gasteiger partial charge < -0.3 is 4.74 Å². The molecule has 0 radical (unpaired) electrons. The van der Waals surface area contributed by atoms with Crippen LogP contribution in [0, 0.1) is 5.92 Å². The number of nitrogens with two attached hydrogens (primary N) is 1. The average Bonchev–Trinajstić information content (AvgIpc) is 2.29. The van der Waals surface area contributed by atoms with Crippen LogP contribution in [0.3, 0.4) is 0 Å². The summed E-state index contributed by atoms with van der Waals surface area (Å²) in [6, 6.07) is 7.34. The van der Waals surface area contributed by atoms with Gasteiger partial charge in [-0.1, -0.05) is 37.1 Å². The highest BCUT2D eigenvalue weighted by Crippen LogP contribution is 2.12. The Hall–Kier alpha value is -0.620. The molecule has 0 saturated heterocycles. The Kier molecular flexibility index (Phi) is 6.08. The Morgan fingerprint density at radius 3 is 2.44 bits per heavy atom. The number of rotatable bonds is 7. The molecule has 4 nitrogen and oxygen atoms in total. The van der Waals surface area contributed by atoms with Crippen LogP contribution in [-0.4, -0.2) is 20.8 Å². The number of hydrogen-bond acceptors (Lipinski definition) is 3. The van der Waals surface area contributed by atoms with Gasteiger partial charge in [0.05, 0.1) is 19.0 Å². The molecule has 0 saturated carbocycles. The molecule has 2 N–H and O–H groups in total. The van der Waals surface area contributed by atoms with Gasteiger partial charge in [-0.05, 0) is 23.6 Å². The highest BCUT2D eigenvalue weighted by atomic mass is 35.5. The molecule has 0 aromatic heterocycles. The number of halogens is 1. The van der Waals surface area contributed by atoms with E-state index in [-0.39, 0.29) is 11.7 Å². The Bertz CT molecular complexity index is 459. The first kappa shape index (κ1) is 15.4. The summed E-state index contributed by atoms with van der Waals surface area (Å²) >= 11 is 5.77. The van der Waals surface area contributed by atoms with Gasteiger partial charge in [0.15, 0.2) is 0 Å². The number of benzene rings is 1. The van der Waals surface area contributed by atoms with Crippen molar-refractivity contribution in [2.75, 3.05) is 12.4 Å². The molecular formula is C12H18ClNO3S. The smallest absolute Gasteiger partial charge is 0.209 e. The Balaban J connectivity index is 2.38. The largest absolute Gasteiger partial charge is 0.376 e. The second-order valence-electron chi connectivity index (χ2n) is 4.25. The lowest BCUT2D eigenvalue weighted by Crippen LogP contribution is -2.25. The lowest BCUT2D eigenvalue weighted by molar-refractivity contribution is 0.0918. The summed E-state index contributed by atoms with van der Waals surface area (Å²) in [5.41, 5.74) is 1.00. The monoisotopic (exact) mass is 291 g/mol. The molecule has 1 atom stereocenters. The molecule has 102 valence electrons. The molecule has 6 heteroatoms. The van der Waals surface area contributed by atoms with Crippen molar-refractivity contribution in [3.05, 3.63) is 34.9 Å². The molecule has 0 spiro atoms. The third-order valence-electron chi connectivity index (χ3n) is 2.58. The summed E-state index contributed by atoms with van der Waals surface area (Å²) in [4.78, 5) is 0. The first-order valence-corrected chi connectivity index (χ1v) is 7.82. The van der Waals surface area contributed by atoms with Crippen molar-refractivity contribution in [2.24, 2.45) is 11.1 Å². The quantitative estimate of drug-likeness (QED) is 0.837. The fourth-order valence-electron chi connectivity index (χ4n) is 1.54. The highest BCUT2D eigenvalue weighted by Gasteiger charge is 2.14. The summed E-state index contributed by atoms with van der Waals surface area (Å²) in [6.07, 6.45) is 0.719. The molecule has 1 aromatic rings. The van der Waals surface area contributed by atoms with E-state index in [1.807, 2.05) is 19.1 Å². The van der Waals surface area contributed by atoms with Crippen LogP contribution in [0.4, 0.5) is 0 Å². The van der Waals surface area contributed by atoms with Crippen LogP contribution < -0.4 is 5.14 Å². The van der Waals surface area contributed by atoms with Crippen molar-refractivity contribution in [1.82, 2.24) is 0 Å². The molecule has 0 aliphatic carbocycles. The van der Waals surface area contributed by atoms with Crippen molar-refractivity contribution in [3.63, 3.8) is 0 Å². The van der Waals surface area contributed by atoms with Crippen molar-refractivity contribution in [2.45, 2.75) is 20.0 Å². The van der Waals surface area contributed by atoms with Crippen molar-refractivity contribution >= 4 is 21.6 Å². The number of primary sulfonamides is 1. The zero-order valence-corrected chi connectivity index (χ0v) is 11.9. The van der Waals surface area contributed by atoms with E-state index in [4.69, 9.17) is 21.5 Å². The van der Waals surface area contributed by atoms with Crippen LogP contribution in [0.2, 0.25) is 5.02 Å². The minimum atomic E-state index is -3.43. The fourth-order valence-corrected chi connectivity index (χ4v) is 2.65. The van der Waals surface area contributed by atoms with Gasteiger partial charge in [-0.15, -0.1) is 0 Å². The standard InChI is InChI=1S/C12H18ClNO3S/c1-2-10(9-18(14,15)16)7-17-8-11-3-5-12(13)6-4-11/h3-6,10H,2,7-9H2,1H3,(H2,14,15,16). The molecule has 0 aliphatic rings. The van der Waals surface area contributed by atoms with E-state index in [2.05, 4.69) is 0 Å². The summed E-state index contributed by atoms with van der Waals surface area (Å²) in [5, 5.41) is 5.69. The van der Waals surface area contributed by atoms with Gasteiger partial charge in [-0.2, -0.15) is 0 Å². The van der Waals surface area contributed by atoms with Gasteiger partial charge in [0.1, 0.15) is 0 Å². The average molecular weight is 292 g/mol. The molecular weight excluding hydrogens is 274 g/mol. The van der Waals surface area contributed by atoms with Crippen LogP contribution in [0.5, 0.6) is 0 Å². The zero-order valence-electron chi connectivity index (χ0n) is 10.3. The lowest BCUT2D eigenvalue weighted by atomic mass is 10.1. The number of ether oxygens (including phenoxy) is 1. The van der Waals surface area contributed by atoms with Gasteiger partial charge in [0, 0.05) is 5.02 Å². The van der Waals surface area contributed by atoms with E-state index in [1.54, 1.807) is 12.1 Å². The summed E-state index contributed by atoms with van der Waals surface area (Å²) in [6.45, 7) is 2.75. The molecule has 18 heavy (non-hydrogen) atoms. The molecule has 1 unspecified atom stereocenters. The van der Waals surface area contributed by atoms with E-state index in [0.29, 0.717) is 18.2 Å². The summed E-state index contributed by atoms with van der Waals surface area (Å²) in [5.74, 6) is -0.100. The topological polar surface area (TPSA) is 69.4 Å². The van der Waals surface area contributed by atoms with E-state index in [0.717, 1.165) is 12.0 Å². The predicted octanol–water partition coefficient (Wildman–Crippen LogP) is 2.17. The molecule has 0 fully saturated rings. The third-order valence-corrected chi connectivity index (χ3v) is 3.77. The molecule has 0 amide bonds. The maximum Gasteiger partial charge on any atom is 0.209 e. The molecule has 1 aromatic carbocycles. The zero-order chi connectivity index (χ0) is 13.6. The van der Waals surface area contributed by atoms with Gasteiger partial charge in [0.2, 0.25) is 10.0 Å². The van der Waals surface area contributed by atoms with E-state index in [9.17, 15) is 8.42 Å². The fraction of sp³-hybridized carbons (Fsp3) is 0.500. The van der Waals surface area contributed by atoms with Crippen molar-refractivity contribution in [1.29, 1.82) is 0 Å². The maximum absolute atomic E-state index is 11.0. The van der Waals surface area contributed by atoms with Crippen LogP contribution in [0.15, 0.2) is 24.3 Å². The highest BCUT2D eigenvalue weighted by molar-refractivity contribution is 7.89. The predicted molar refractivity (Wildman–Crippen MR) is 72.9 cm³/mol. The minimum absolute atomic E-state index is 0.0376. The normalized spacial score (nSPS) is 13.5. The second kappa shape index (κ2) is 7.09. The minimum Gasteiger partial charge on any atom is -0.376 e. The molecule has 0 bridgehead atoms. The molecule has 0 aliphatic heterocycles. The Labute approximate surface area is 113 Å². The summed E-state index contributed by atoms with van der Waals surface area (Å²) < 4.78 is 27.5. The first-order chi connectivity index (χ1) is 8.40.